The van der Waals surface area contributed by atoms with Gasteiger partial charge in [-0.3, -0.25) is 4.79 Å². The predicted molar refractivity (Wildman–Crippen MR) is 120 cm³/mol. The predicted octanol–water partition coefficient (Wildman–Crippen LogP) is 2.36. The number of benzene rings is 2. The summed E-state index contributed by atoms with van der Waals surface area (Å²) >= 11 is 0. The van der Waals surface area contributed by atoms with E-state index in [2.05, 4.69) is 24.0 Å². The van der Waals surface area contributed by atoms with Gasteiger partial charge in [-0.25, -0.2) is 13.6 Å². The molecule has 2 saturated heterocycles. The zero-order valence-electron chi connectivity index (χ0n) is 17.8. The maximum absolute atomic E-state index is 13.7. The molecule has 1 amide bonds. The number of morpholine rings is 1. The van der Waals surface area contributed by atoms with Gasteiger partial charge in [0.25, 0.3) is 5.91 Å². The van der Waals surface area contributed by atoms with Crippen LogP contribution >= 0.6 is 0 Å². The van der Waals surface area contributed by atoms with Crippen molar-refractivity contribution in [3.05, 3.63) is 59.7 Å². The van der Waals surface area contributed by atoms with E-state index in [0.29, 0.717) is 45.0 Å². The van der Waals surface area contributed by atoms with E-state index in [-0.39, 0.29) is 16.2 Å². The third-order valence-electron chi connectivity index (χ3n) is 6.33. The zero-order chi connectivity index (χ0) is 22.1. The number of carbonyl (C=O) groups excluding carboxylic acids is 1. The first-order valence-corrected chi connectivity index (χ1v) is 12.2. The van der Waals surface area contributed by atoms with Crippen molar-refractivity contribution in [2.45, 2.75) is 30.1 Å². The molecule has 166 valence electrons. The van der Waals surface area contributed by atoms with Gasteiger partial charge in [-0.05, 0) is 36.6 Å². The highest BCUT2D eigenvalue weighted by molar-refractivity contribution is 7.89. The number of nitrogens with zero attached hydrogens (tertiary/aromatic N) is 2. The van der Waals surface area contributed by atoms with E-state index in [9.17, 15) is 13.2 Å². The lowest BCUT2D eigenvalue weighted by atomic mass is 9.76. The van der Waals surface area contributed by atoms with Gasteiger partial charge in [0.2, 0.25) is 10.0 Å². The quantitative estimate of drug-likeness (QED) is 0.783. The minimum Gasteiger partial charge on any atom is -0.378 e. The Balaban J connectivity index is 1.69. The second kappa shape index (κ2) is 8.61. The van der Waals surface area contributed by atoms with Crippen LogP contribution in [0.1, 0.15) is 35.7 Å². The van der Waals surface area contributed by atoms with Crippen LogP contribution in [0.5, 0.6) is 0 Å². The molecule has 0 aliphatic carbocycles. The van der Waals surface area contributed by atoms with Crippen molar-refractivity contribution in [2.75, 3.05) is 44.3 Å². The van der Waals surface area contributed by atoms with E-state index >= 15 is 0 Å². The van der Waals surface area contributed by atoms with Crippen molar-refractivity contribution in [2.24, 2.45) is 5.14 Å². The maximum atomic E-state index is 13.7. The molecule has 2 heterocycles. The summed E-state index contributed by atoms with van der Waals surface area (Å²) in [5, 5.41) is 5.37. The van der Waals surface area contributed by atoms with Gasteiger partial charge in [0.1, 0.15) is 0 Å². The highest BCUT2D eigenvalue weighted by atomic mass is 32.2. The number of carbonyl (C=O) groups is 1. The van der Waals surface area contributed by atoms with E-state index < -0.39 is 10.0 Å². The summed E-state index contributed by atoms with van der Waals surface area (Å²) in [6.45, 7) is 5.85. The topological polar surface area (TPSA) is 92.9 Å². The number of anilines is 1. The standard InChI is InChI=1S/C23H29N3O4S/c1-23(18-6-3-2-4-7-18)10-5-11-26(17-23)22(27)20-16-19(31(24,28)29)8-9-21(20)25-12-14-30-15-13-25/h2-4,6-9,16H,5,10-15,17H2,1H3,(H2,24,28,29). The summed E-state index contributed by atoms with van der Waals surface area (Å²) in [6, 6.07) is 14.8. The molecule has 0 spiro atoms. The largest absolute Gasteiger partial charge is 0.378 e. The molecule has 4 rings (SSSR count). The molecule has 2 aliphatic rings. The Hall–Kier alpha value is -2.42. The molecule has 0 bridgehead atoms. The van der Waals surface area contributed by atoms with Crippen LogP contribution in [0, 0.1) is 0 Å². The number of hydrogen-bond donors (Lipinski definition) is 1. The Morgan fingerprint density at radius 2 is 1.77 bits per heavy atom. The highest BCUT2D eigenvalue weighted by Gasteiger charge is 2.36. The number of piperidine rings is 1. The molecule has 1 atom stereocenters. The second-order valence-electron chi connectivity index (χ2n) is 8.58. The van der Waals surface area contributed by atoms with Gasteiger partial charge < -0.3 is 14.5 Å². The lowest BCUT2D eigenvalue weighted by molar-refractivity contribution is 0.0650. The Morgan fingerprint density at radius 3 is 2.45 bits per heavy atom. The van der Waals surface area contributed by atoms with Gasteiger partial charge in [-0.15, -0.1) is 0 Å². The van der Waals surface area contributed by atoms with E-state index in [1.807, 2.05) is 23.1 Å². The average molecular weight is 444 g/mol. The number of hydrogen-bond acceptors (Lipinski definition) is 5. The summed E-state index contributed by atoms with van der Waals surface area (Å²) in [6.07, 6.45) is 1.88. The molecular weight excluding hydrogens is 414 g/mol. The smallest absolute Gasteiger partial charge is 0.256 e. The molecule has 1 unspecified atom stereocenters. The molecule has 2 fully saturated rings. The summed E-state index contributed by atoms with van der Waals surface area (Å²) < 4.78 is 29.4. The van der Waals surface area contributed by atoms with Crippen molar-refractivity contribution < 1.29 is 17.9 Å². The fourth-order valence-electron chi connectivity index (χ4n) is 4.60. The SMILES string of the molecule is CC1(c2ccccc2)CCCN(C(=O)c2cc(S(N)(=O)=O)ccc2N2CCOCC2)C1. The molecule has 0 saturated carbocycles. The van der Waals surface area contributed by atoms with E-state index in [1.54, 1.807) is 6.07 Å². The van der Waals surface area contributed by atoms with Crippen molar-refractivity contribution >= 4 is 21.6 Å². The van der Waals surface area contributed by atoms with Crippen molar-refractivity contribution in [1.82, 2.24) is 4.90 Å². The van der Waals surface area contributed by atoms with Crippen LogP contribution in [0.25, 0.3) is 0 Å². The fourth-order valence-corrected chi connectivity index (χ4v) is 5.14. The normalized spacial score (nSPS) is 22.4. The van der Waals surface area contributed by atoms with Gasteiger partial charge in [-0.2, -0.15) is 0 Å². The van der Waals surface area contributed by atoms with Gasteiger partial charge in [0, 0.05) is 37.3 Å². The second-order valence-corrected chi connectivity index (χ2v) is 10.1. The molecule has 2 aliphatic heterocycles. The lowest BCUT2D eigenvalue weighted by Crippen LogP contribution is -2.47. The fraction of sp³-hybridized carbons (Fsp3) is 0.435. The molecule has 2 aromatic rings. The summed E-state index contributed by atoms with van der Waals surface area (Å²) in [5.74, 6) is -0.158. The number of rotatable bonds is 4. The number of amides is 1. The number of nitrogens with two attached hydrogens (primary N) is 1. The van der Waals surface area contributed by atoms with Crippen molar-refractivity contribution in [1.29, 1.82) is 0 Å². The maximum Gasteiger partial charge on any atom is 0.256 e. The van der Waals surface area contributed by atoms with Crippen LogP contribution in [0.15, 0.2) is 53.4 Å². The van der Waals surface area contributed by atoms with Crippen molar-refractivity contribution in [3.8, 4) is 0 Å². The average Bonchev–Trinajstić information content (AvgIpc) is 2.79. The third kappa shape index (κ3) is 4.61. The molecule has 8 heteroatoms. The lowest BCUT2D eigenvalue weighted by Gasteiger charge is -2.41. The van der Waals surface area contributed by atoms with Gasteiger partial charge in [0.15, 0.2) is 0 Å². The van der Waals surface area contributed by atoms with Crippen LogP contribution in [0.3, 0.4) is 0 Å². The first-order chi connectivity index (χ1) is 14.8. The van der Waals surface area contributed by atoms with Gasteiger partial charge in [0.05, 0.1) is 23.7 Å². The highest BCUT2D eigenvalue weighted by Crippen LogP contribution is 2.35. The number of sulfonamides is 1. The minimum absolute atomic E-state index is 0.0457. The molecule has 2 aromatic carbocycles. The van der Waals surface area contributed by atoms with E-state index in [1.165, 1.54) is 17.7 Å². The molecule has 31 heavy (non-hydrogen) atoms. The Morgan fingerprint density at radius 1 is 1.06 bits per heavy atom. The molecule has 7 nitrogen and oxygen atoms in total. The van der Waals surface area contributed by atoms with Gasteiger partial charge >= 0.3 is 0 Å². The summed E-state index contributed by atoms with van der Waals surface area (Å²) in [5.41, 5.74) is 2.17. The first-order valence-electron chi connectivity index (χ1n) is 10.6. The molecule has 0 aromatic heterocycles. The van der Waals surface area contributed by atoms with Crippen LogP contribution in [0.2, 0.25) is 0 Å². The van der Waals surface area contributed by atoms with Crippen LogP contribution in [0.4, 0.5) is 5.69 Å². The van der Waals surface area contributed by atoms with Crippen LogP contribution in [-0.4, -0.2) is 58.6 Å². The van der Waals surface area contributed by atoms with E-state index in [4.69, 9.17) is 9.88 Å². The Labute approximate surface area is 183 Å². The van der Waals surface area contributed by atoms with E-state index in [0.717, 1.165) is 18.5 Å². The summed E-state index contributed by atoms with van der Waals surface area (Å²) in [4.78, 5) is 17.6. The summed E-state index contributed by atoms with van der Waals surface area (Å²) in [7, 11) is -3.92. The number of primary sulfonamides is 1. The van der Waals surface area contributed by atoms with Crippen LogP contribution < -0.4 is 10.0 Å². The first kappa shape index (κ1) is 21.8. The van der Waals surface area contributed by atoms with Gasteiger partial charge in [-0.1, -0.05) is 37.3 Å². The zero-order valence-corrected chi connectivity index (χ0v) is 18.6. The van der Waals surface area contributed by atoms with Crippen LogP contribution in [-0.2, 0) is 20.2 Å². The third-order valence-corrected chi connectivity index (χ3v) is 7.24. The number of likely N-dealkylation sites (tertiary alicyclic amines) is 1. The number of ether oxygens (including phenoxy) is 1. The Kier molecular flexibility index (Phi) is 6.05. The Bertz CT molecular complexity index is 1050. The molecule has 2 N–H and O–H groups in total. The monoisotopic (exact) mass is 443 g/mol. The molecular formula is C23H29N3O4S. The van der Waals surface area contributed by atoms with Crippen molar-refractivity contribution in [3.63, 3.8) is 0 Å². The molecule has 0 radical (unpaired) electrons. The minimum atomic E-state index is -3.92.